The smallest absolute Gasteiger partial charge is 0.407 e. The molecule has 7 nitrogen and oxygen atoms in total. The number of carbonyl (C=O) groups is 1. The van der Waals surface area contributed by atoms with Crippen LogP contribution in [0.25, 0.3) is 0 Å². The average molecular weight is 444 g/mol. The molecule has 0 spiro atoms. The van der Waals surface area contributed by atoms with Gasteiger partial charge in [-0.25, -0.2) is 13.2 Å². The molecule has 0 aromatic heterocycles. The summed E-state index contributed by atoms with van der Waals surface area (Å²) in [5.74, 6) is 0.304. The number of hydrogen-bond acceptors (Lipinski definition) is 4. The van der Waals surface area contributed by atoms with Crippen molar-refractivity contribution in [3.8, 4) is 0 Å². The zero-order valence-electron chi connectivity index (χ0n) is 17.4. The Morgan fingerprint density at radius 2 is 1.65 bits per heavy atom. The van der Waals surface area contributed by atoms with E-state index in [-0.39, 0.29) is 23.8 Å². The number of nitrogens with one attached hydrogen (secondary N) is 1. The summed E-state index contributed by atoms with van der Waals surface area (Å²) >= 11 is 0. The first-order valence-electron chi connectivity index (χ1n) is 10.8. The van der Waals surface area contributed by atoms with E-state index in [0.717, 1.165) is 19.3 Å². The van der Waals surface area contributed by atoms with Crippen molar-refractivity contribution in [2.45, 2.75) is 37.3 Å². The quantitative estimate of drug-likeness (QED) is 0.652. The first-order valence-corrected chi connectivity index (χ1v) is 12.4. The van der Waals surface area contributed by atoms with Crippen LogP contribution in [-0.2, 0) is 10.0 Å². The fraction of sp³-hybridized carbons (Fsp3) is 0.435. The number of benzene rings is 2. The molecule has 0 radical (unpaired) electrons. The number of piperidine rings is 1. The van der Waals surface area contributed by atoms with E-state index in [1.54, 1.807) is 29.2 Å². The molecule has 1 aliphatic heterocycles. The van der Waals surface area contributed by atoms with Crippen LogP contribution in [-0.4, -0.2) is 66.9 Å². The van der Waals surface area contributed by atoms with Gasteiger partial charge in [0.2, 0.25) is 10.0 Å². The number of para-hydroxylation sites is 1. The van der Waals surface area contributed by atoms with E-state index < -0.39 is 16.1 Å². The van der Waals surface area contributed by atoms with Crippen molar-refractivity contribution in [1.82, 2.24) is 9.80 Å². The number of rotatable bonds is 8. The molecule has 2 fully saturated rings. The Balaban J connectivity index is 1.27. The minimum atomic E-state index is -3.41. The van der Waals surface area contributed by atoms with Crippen molar-refractivity contribution < 1.29 is 18.3 Å². The largest absolute Gasteiger partial charge is 0.465 e. The van der Waals surface area contributed by atoms with Crippen molar-refractivity contribution in [3.05, 3.63) is 66.2 Å². The number of likely N-dealkylation sites (tertiary alicyclic amines) is 1. The van der Waals surface area contributed by atoms with E-state index in [1.807, 2.05) is 24.3 Å². The number of carboxylic acid groups (broad SMARTS) is 1. The van der Waals surface area contributed by atoms with Gasteiger partial charge < -0.3 is 14.9 Å². The molecular weight excluding hydrogens is 414 g/mol. The summed E-state index contributed by atoms with van der Waals surface area (Å²) in [6, 6.07) is 19.0. The third kappa shape index (κ3) is 5.57. The fourth-order valence-electron chi connectivity index (χ4n) is 4.52. The van der Waals surface area contributed by atoms with E-state index in [0.29, 0.717) is 25.3 Å². The Bertz CT molecular complexity index is 976. The van der Waals surface area contributed by atoms with Gasteiger partial charge in [-0.2, -0.15) is 0 Å². The number of amides is 1. The van der Waals surface area contributed by atoms with Crippen LogP contribution in [0.1, 0.15) is 30.7 Å². The van der Waals surface area contributed by atoms with Crippen molar-refractivity contribution in [1.29, 1.82) is 0 Å². The maximum Gasteiger partial charge on any atom is 0.407 e. The van der Waals surface area contributed by atoms with E-state index in [1.165, 1.54) is 5.56 Å². The van der Waals surface area contributed by atoms with Crippen LogP contribution in [0.5, 0.6) is 0 Å². The molecule has 166 valence electrons. The minimum absolute atomic E-state index is 0.00786. The highest BCUT2D eigenvalue weighted by Crippen LogP contribution is 2.46. The van der Waals surface area contributed by atoms with Crippen LogP contribution < -0.4 is 4.72 Å². The van der Waals surface area contributed by atoms with Crippen LogP contribution in [0.15, 0.2) is 60.7 Å². The zero-order valence-corrected chi connectivity index (χ0v) is 18.2. The summed E-state index contributed by atoms with van der Waals surface area (Å²) in [7, 11) is -3.41. The number of hydrogen-bond donors (Lipinski definition) is 2. The fourth-order valence-corrected chi connectivity index (χ4v) is 5.62. The minimum Gasteiger partial charge on any atom is -0.465 e. The monoisotopic (exact) mass is 443 g/mol. The summed E-state index contributed by atoms with van der Waals surface area (Å²) in [6.45, 7) is 1.86. The summed E-state index contributed by atoms with van der Waals surface area (Å²) in [6.07, 6.45) is 1.49. The van der Waals surface area contributed by atoms with Crippen molar-refractivity contribution >= 4 is 21.8 Å². The number of sulfonamides is 1. The second-order valence-corrected chi connectivity index (χ2v) is 10.2. The maximum atomic E-state index is 12.3. The molecule has 1 amide bonds. The van der Waals surface area contributed by atoms with E-state index in [9.17, 15) is 18.3 Å². The van der Waals surface area contributed by atoms with Gasteiger partial charge >= 0.3 is 6.09 Å². The second kappa shape index (κ2) is 9.28. The van der Waals surface area contributed by atoms with Gasteiger partial charge in [0.25, 0.3) is 0 Å². The van der Waals surface area contributed by atoms with Crippen molar-refractivity contribution in [2.24, 2.45) is 0 Å². The van der Waals surface area contributed by atoms with Crippen molar-refractivity contribution in [2.75, 3.05) is 30.1 Å². The predicted molar refractivity (Wildman–Crippen MR) is 121 cm³/mol. The molecule has 0 bridgehead atoms. The lowest BCUT2D eigenvalue weighted by Gasteiger charge is -2.37. The summed E-state index contributed by atoms with van der Waals surface area (Å²) in [5, 5.41) is 9.84. The van der Waals surface area contributed by atoms with Gasteiger partial charge in [0.15, 0.2) is 0 Å². The Morgan fingerprint density at radius 1 is 1.03 bits per heavy atom. The normalized spacial score (nSPS) is 22.1. The Morgan fingerprint density at radius 3 is 2.26 bits per heavy atom. The molecule has 2 atom stereocenters. The first-order chi connectivity index (χ1) is 14.9. The summed E-state index contributed by atoms with van der Waals surface area (Å²) < 4.78 is 27.3. The lowest BCUT2D eigenvalue weighted by Crippen LogP contribution is -2.49. The highest BCUT2D eigenvalue weighted by Gasteiger charge is 2.47. The van der Waals surface area contributed by atoms with Gasteiger partial charge in [-0.05, 0) is 37.0 Å². The Kier molecular flexibility index (Phi) is 6.48. The molecule has 2 aromatic carbocycles. The van der Waals surface area contributed by atoms with Crippen LogP contribution in [0.4, 0.5) is 10.5 Å². The van der Waals surface area contributed by atoms with Gasteiger partial charge in [-0.15, -0.1) is 0 Å². The van der Waals surface area contributed by atoms with Gasteiger partial charge in [0.05, 0.1) is 5.75 Å². The standard InChI is InChI=1S/C23H29N3O4S/c27-23(28)26(22-17-21(22)18-7-3-1-4-8-18)20-11-13-25(14-12-20)15-16-31(29,30)24-19-9-5-2-6-10-19/h1-10,20-22,24H,11-17H2,(H,27,28)/t21-,22+/m0/s1. The summed E-state index contributed by atoms with van der Waals surface area (Å²) in [4.78, 5) is 15.8. The lowest BCUT2D eigenvalue weighted by molar-refractivity contribution is 0.0870. The Labute approximate surface area is 183 Å². The van der Waals surface area contributed by atoms with Gasteiger partial charge in [-0.3, -0.25) is 4.72 Å². The van der Waals surface area contributed by atoms with Crippen LogP contribution in [0, 0.1) is 0 Å². The predicted octanol–water partition coefficient (Wildman–Crippen LogP) is 3.43. The molecular formula is C23H29N3O4S. The second-order valence-electron chi connectivity index (χ2n) is 8.37. The summed E-state index contributed by atoms with van der Waals surface area (Å²) in [5.41, 5.74) is 1.77. The SMILES string of the molecule is O=C(O)N(C1CCN(CCS(=O)(=O)Nc2ccccc2)CC1)[C@@H]1C[C@H]1c1ccccc1. The van der Waals surface area contributed by atoms with Gasteiger partial charge in [0, 0.05) is 43.3 Å². The molecule has 1 heterocycles. The molecule has 31 heavy (non-hydrogen) atoms. The van der Waals surface area contributed by atoms with Crippen LogP contribution >= 0.6 is 0 Å². The molecule has 2 aliphatic rings. The van der Waals surface area contributed by atoms with E-state index in [2.05, 4.69) is 21.8 Å². The molecule has 0 unspecified atom stereocenters. The van der Waals surface area contributed by atoms with E-state index in [4.69, 9.17) is 0 Å². The average Bonchev–Trinajstić information content (AvgIpc) is 3.54. The molecule has 8 heteroatoms. The first kappa shape index (κ1) is 21.6. The van der Waals surface area contributed by atoms with Crippen molar-refractivity contribution in [3.63, 3.8) is 0 Å². The highest BCUT2D eigenvalue weighted by atomic mass is 32.2. The zero-order chi connectivity index (χ0) is 21.8. The number of anilines is 1. The molecule has 2 N–H and O–H groups in total. The molecule has 2 aromatic rings. The maximum absolute atomic E-state index is 12.3. The lowest BCUT2D eigenvalue weighted by atomic mass is 10.0. The molecule has 1 aliphatic carbocycles. The topological polar surface area (TPSA) is 90.0 Å². The van der Waals surface area contributed by atoms with Gasteiger partial charge in [0.1, 0.15) is 0 Å². The number of nitrogens with zero attached hydrogens (tertiary/aromatic N) is 2. The third-order valence-corrected chi connectivity index (χ3v) is 7.50. The van der Waals surface area contributed by atoms with Crippen LogP contribution in [0.2, 0.25) is 0 Å². The van der Waals surface area contributed by atoms with Gasteiger partial charge in [-0.1, -0.05) is 48.5 Å². The highest BCUT2D eigenvalue weighted by molar-refractivity contribution is 7.92. The molecule has 1 saturated carbocycles. The van der Waals surface area contributed by atoms with E-state index >= 15 is 0 Å². The third-order valence-electron chi connectivity index (χ3n) is 6.24. The molecule has 4 rings (SSSR count). The molecule has 1 saturated heterocycles. The van der Waals surface area contributed by atoms with Crippen LogP contribution in [0.3, 0.4) is 0 Å². The Hall–Kier alpha value is -2.58.